The number of hydrogen-bond donors (Lipinski definition) is 1. The van der Waals surface area contributed by atoms with E-state index in [0.29, 0.717) is 32.2 Å². The first kappa shape index (κ1) is 14.3. The minimum atomic E-state index is -0.905. The van der Waals surface area contributed by atoms with Crippen LogP contribution in [0.3, 0.4) is 0 Å². The van der Waals surface area contributed by atoms with Crippen LogP contribution in [0.15, 0.2) is 0 Å². The monoisotopic (exact) mass is 271 g/mol. The molecule has 6 nitrogen and oxygen atoms in total. The number of carbonyl (C=O) groups is 2. The largest absolute Gasteiger partial charge is 0.481 e. The maximum atomic E-state index is 12.2. The standard InChI is InChI=1S/C13H21NO5/c1-9(19-8-10-2-3-10)13(17)14-4-5-18-11(7-14)6-12(15)16/h9-11H,2-8H2,1H3,(H,15,16)/t9-,11+/m1/s1. The zero-order chi connectivity index (χ0) is 13.8. The van der Waals surface area contributed by atoms with E-state index < -0.39 is 18.2 Å². The minimum absolute atomic E-state index is 0.0684. The third-order valence-corrected chi connectivity index (χ3v) is 3.48. The van der Waals surface area contributed by atoms with E-state index in [-0.39, 0.29) is 12.3 Å². The molecule has 0 bridgehead atoms. The number of ether oxygens (including phenoxy) is 2. The summed E-state index contributed by atoms with van der Waals surface area (Å²) in [4.78, 5) is 24.5. The molecule has 2 aliphatic rings. The Morgan fingerprint density at radius 2 is 2.21 bits per heavy atom. The van der Waals surface area contributed by atoms with Crippen LogP contribution < -0.4 is 0 Å². The number of amides is 1. The van der Waals surface area contributed by atoms with E-state index >= 15 is 0 Å². The van der Waals surface area contributed by atoms with E-state index in [4.69, 9.17) is 14.6 Å². The van der Waals surface area contributed by atoms with Gasteiger partial charge in [0.15, 0.2) is 0 Å². The molecule has 1 saturated heterocycles. The highest BCUT2D eigenvalue weighted by Gasteiger charge is 2.30. The van der Waals surface area contributed by atoms with Crippen LogP contribution >= 0.6 is 0 Å². The maximum Gasteiger partial charge on any atom is 0.306 e. The minimum Gasteiger partial charge on any atom is -0.481 e. The smallest absolute Gasteiger partial charge is 0.306 e. The van der Waals surface area contributed by atoms with E-state index in [1.165, 1.54) is 12.8 Å². The molecule has 0 aromatic heterocycles. The lowest BCUT2D eigenvalue weighted by Crippen LogP contribution is -2.49. The third-order valence-electron chi connectivity index (χ3n) is 3.48. The van der Waals surface area contributed by atoms with Gasteiger partial charge in [-0.3, -0.25) is 9.59 Å². The van der Waals surface area contributed by atoms with Crippen LogP contribution in [0.2, 0.25) is 0 Å². The van der Waals surface area contributed by atoms with Crippen LogP contribution in [-0.2, 0) is 19.1 Å². The second-order valence-electron chi connectivity index (χ2n) is 5.29. The molecule has 6 heteroatoms. The first-order valence-corrected chi connectivity index (χ1v) is 6.80. The quantitative estimate of drug-likeness (QED) is 0.761. The summed E-state index contributed by atoms with van der Waals surface area (Å²) in [5.41, 5.74) is 0. The predicted molar refractivity (Wildman–Crippen MR) is 66.7 cm³/mol. The summed E-state index contributed by atoms with van der Waals surface area (Å²) in [5, 5.41) is 8.74. The van der Waals surface area contributed by atoms with Gasteiger partial charge < -0.3 is 19.5 Å². The lowest BCUT2D eigenvalue weighted by atomic mass is 10.2. The molecule has 1 aliphatic heterocycles. The Hall–Kier alpha value is -1.14. The van der Waals surface area contributed by atoms with Crippen molar-refractivity contribution in [3.8, 4) is 0 Å². The van der Waals surface area contributed by atoms with E-state index in [1.807, 2.05) is 0 Å². The van der Waals surface area contributed by atoms with Gasteiger partial charge in [0, 0.05) is 13.1 Å². The van der Waals surface area contributed by atoms with Crippen LogP contribution in [-0.4, -0.2) is 60.4 Å². The summed E-state index contributed by atoms with van der Waals surface area (Å²) in [6.07, 6.45) is 1.45. The summed E-state index contributed by atoms with van der Waals surface area (Å²) in [5.74, 6) is -0.351. The SMILES string of the molecule is C[C@@H](OCC1CC1)C(=O)N1CCO[C@@H](CC(=O)O)C1. The molecule has 2 rings (SSSR count). The molecule has 1 amide bonds. The normalized spacial score (nSPS) is 25.1. The Morgan fingerprint density at radius 3 is 2.84 bits per heavy atom. The molecule has 0 radical (unpaired) electrons. The van der Waals surface area contributed by atoms with Crippen molar-refractivity contribution in [2.75, 3.05) is 26.3 Å². The number of carboxylic acids is 1. The van der Waals surface area contributed by atoms with Gasteiger partial charge in [0.25, 0.3) is 5.91 Å². The van der Waals surface area contributed by atoms with Gasteiger partial charge in [-0.25, -0.2) is 0 Å². The number of carbonyl (C=O) groups excluding carboxylic acids is 1. The Balaban J connectivity index is 1.77. The molecule has 1 aliphatic carbocycles. The van der Waals surface area contributed by atoms with Gasteiger partial charge >= 0.3 is 5.97 Å². The average Bonchev–Trinajstić information content (AvgIpc) is 3.18. The van der Waals surface area contributed by atoms with Crippen LogP contribution in [0.5, 0.6) is 0 Å². The van der Waals surface area contributed by atoms with Crippen LogP contribution in [0, 0.1) is 5.92 Å². The number of nitrogens with zero attached hydrogens (tertiary/aromatic N) is 1. The molecular weight excluding hydrogens is 250 g/mol. The number of rotatable bonds is 6. The zero-order valence-electron chi connectivity index (χ0n) is 11.2. The Kier molecular flexibility index (Phi) is 4.76. The van der Waals surface area contributed by atoms with Crippen molar-refractivity contribution >= 4 is 11.9 Å². The Morgan fingerprint density at radius 1 is 1.47 bits per heavy atom. The highest BCUT2D eigenvalue weighted by molar-refractivity contribution is 5.80. The van der Waals surface area contributed by atoms with Crippen molar-refractivity contribution < 1.29 is 24.2 Å². The molecule has 19 heavy (non-hydrogen) atoms. The first-order valence-electron chi connectivity index (χ1n) is 6.80. The van der Waals surface area contributed by atoms with Crippen molar-refractivity contribution in [2.24, 2.45) is 5.92 Å². The number of carboxylic acid groups (broad SMARTS) is 1. The van der Waals surface area contributed by atoms with Gasteiger partial charge in [0.1, 0.15) is 6.10 Å². The zero-order valence-corrected chi connectivity index (χ0v) is 11.2. The highest BCUT2D eigenvalue weighted by atomic mass is 16.5. The number of aliphatic carboxylic acids is 1. The summed E-state index contributed by atoms with van der Waals surface area (Å²) in [6, 6.07) is 0. The van der Waals surface area contributed by atoms with Gasteiger partial charge in [-0.1, -0.05) is 0 Å². The Labute approximate surface area is 112 Å². The van der Waals surface area contributed by atoms with E-state index in [2.05, 4.69) is 0 Å². The molecule has 2 atom stereocenters. The van der Waals surface area contributed by atoms with Gasteiger partial charge in [-0.05, 0) is 25.7 Å². The molecule has 0 aromatic carbocycles. The van der Waals surface area contributed by atoms with Crippen molar-refractivity contribution in [1.82, 2.24) is 4.90 Å². The molecule has 1 heterocycles. The molecule has 108 valence electrons. The average molecular weight is 271 g/mol. The fraction of sp³-hybridized carbons (Fsp3) is 0.846. The molecular formula is C13H21NO5. The van der Waals surface area contributed by atoms with Crippen molar-refractivity contribution in [3.05, 3.63) is 0 Å². The summed E-state index contributed by atoms with van der Waals surface area (Å²) < 4.78 is 10.9. The van der Waals surface area contributed by atoms with Gasteiger partial charge in [0.05, 0.1) is 25.7 Å². The first-order chi connectivity index (χ1) is 9.06. The fourth-order valence-corrected chi connectivity index (χ4v) is 2.13. The van der Waals surface area contributed by atoms with Crippen molar-refractivity contribution in [2.45, 2.75) is 38.4 Å². The number of hydrogen-bond acceptors (Lipinski definition) is 4. The van der Waals surface area contributed by atoms with Gasteiger partial charge in [0.2, 0.25) is 0 Å². The fourth-order valence-electron chi connectivity index (χ4n) is 2.13. The summed E-state index contributed by atoms with van der Waals surface area (Å²) in [6.45, 7) is 3.63. The molecule has 1 N–H and O–H groups in total. The van der Waals surface area contributed by atoms with Gasteiger partial charge in [-0.2, -0.15) is 0 Å². The predicted octanol–water partition coefficient (Wildman–Crippen LogP) is 0.504. The van der Waals surface area contributed by atoms with E-state index in [1.54, 1.807) is 11.8 Å². The lowest BCUT2D eigenvalue weighted by Gasteiger charge is -2.33. The summed E-state index contributed by atoms with van der Waals surface area (Å²) in [7, 11) is 0. The molecule has 1 saturated carbocycles. The van der Waals surface area contributed by atoms with Crippen LogP contribution in [0.1, 0.15) is 26.2 Å². The molecule has 2 fully saturated rings. The lowest BCUT2D eigenvalue weighted by molar-refractivity contribution is -0.154. The third kappa shape index (κ3) is 4.47. The molecule has 0 aromatic rings. The number of morpholine rings is 1. The maximum absolute atomic E-state index is 12.2. The second kappa shape index (κ2) is 6.34. The van der Waals surface area contributed by atoms with Crippen LogP contribution in [0.25, 0.3) is 0 Å². The van der Waals surface area contributed by atoms with Crippen molar-refractivity contribution in [3.63, 3.8) is 0 Å². The van der Waals surface area contributed by atoms with Crippen LogP contribution in [0.4, 0.5) is 0 Å². The topological polar surface area (TPSA) is 76.1 Å². The summed E-state index contributed by atoms with van der Waals surface area (Å²) >= 11 is 0. The second-order valence-corrected chi connectivity index (χ2v) is 5.29. The highest BCUT2D eigenvalue weighted by Crippen LogP contribution is 2.29. The van der Waals surface area contributed by atoms with E-state index in [9.17, 15) is 9.59 Å². The Bertz CT molecular complexity index is 342. The molecule has 0 spiro atoms. The van der Waals surface area contributed by atoms with Gasteiger partial charge in [-0.15, -0.1) is 0 Å². The molecule has 0 unspecified atom stereocenters. The van der Waals surface area contributed by atoms with Crippen molar-refractivity contribution in [1.29, 1.82) is 0 Å². The van der Waals surface area contributed by atoms with E-state index in [0.717, 1.165) is 0 Å².